The Morgan fingerprint density at radius 1 is 0.824 bits per heavy atom. The lowest BCUT2D eigenvalue weighted by Crippen LogP contribution is -2.40. The Morgan fingerprint density at radius 2 is 1.32 bits per heavy atom. The number of hydrogen-bond acceptors (Lipinski definition) is 8. The van der Waals surface area contributed by atoms with E-state index in [9.17, 15) is 18.0 Å². The monoisotopic (exact) mass is 491 g/mol. The fraction of sp³-hybridized carbons (Fsp3) is 0.440. The van der Waals surface area contributed by atoms with Gasteiger partial charge in [-0.25, -0.2) is 0 Å². The fourth-order valence-corrected chi connectivity index (χ4v) is 4.09. The minimum atomic E-state index is -4.03. The summed E-state index contributed by atoms with van der Waals surface area (Å²) in [6.07, 6.45) is 0. The van der Waals surface area contributed by atoms with Crippen molar-refractivity contribution in [2.24, 2.45) is 11.7 Å². The van der Waals surface area contributed by atoms with Gasteiger partial charge in [0.05, 0.1) is 11.8 Å². The topological polar surface area (TPSA) is 122 Å². The summed E-state index contributed by atoms with van der Waals surface area (Å²) in [7, 11) is -4.03. The van der Waals surface area contributed by atoms with Crippen LogP contribution < -0.4 is 9.92 Å². The lowest BCUT2D eigenvalue weighted by Gasteiger charge is -2.30. The van der Waals surface area contributed by atoms with Crippen LogP contribution in [-0.4, -0.2) is 38.1 Å². The molecule has 0 amide bonds. The summed E-state index contributed by atoms with van der Waals surface area (Å²) in [5.41, 5.74) is 4.75. The summed E-state index contributed by atoms with van der Waals surface area (Å²) in [4.78, 5) is 26.0. The molecule has 0 radical (unpaired) electrons. The second-order valence-corrected chi connectivity index (χ2v) is 11.4. The first-order chi connectivity index (χ1) is 15.6. The van der Waals surface area contributed by atoms with Crippen molar-refractivity contribution in [3.63, 3.8) is 0 Å². The molecule has 2 unspecified atom stereocenters. The maximum absolute atomic E-state index is 13.1. The third kappa shape index (κ3) is 7.85. The van der Waals surface area contributed by atoms with Gasteiger partial charge in [0.1, 0.15) is 21.8 Å². The molecule has 2 rings (SSSR count). The van der Waals surface area contributed by atoms with Crippen molar-refractivity contribution in [3.05, 3.63) is 60.2 Å². The molecule has 186 valence electrons. The normalized spacial score (nSPS) is 14.1. The van der Waals surface area contributed by atoms with E-state index in [1.54, 1.807) is 59.7 Å². The van der Waals surface area contributed by atoms with Crippen molar-refractivity contribution in [3.8, 4) is 5.75 Å². The highest BCUT2D eigenvalue weighted by molar-refractivity contribution is 7.87. The van der Waals surface area contributed by atoms with Crippen LogP contribution in [0, 0.1) is 5.92 Å². The van der Waals surface area contributed by atoms with Crippen LogP contribution in [0.1, 0.15) is 53.0 Å². The van der Waals surface area contributed by atoms with Gasteiger partial charge in [-0.15, -0.1) is 0 Å². The van der Waals surface area contributed by atoms with E-state index in [0.29, 0.717) is 5.56 Å². The predicted octanol–water partition coefficient (Wildman–Crippen LogP) is 3.80. The van der Waals surface area contributed by atoms with Crippen LogP contribution in [-0.2, 0) is 29.2 Å². The van der Waals surface area contributed by atoms with Crippen LogP contribution >= 0.6 is 0 Å². The maximum Gasteiger partial charge on any atom is 0.339 e. The van der Waals surface area contributed by atoms with Gasteiger partial charge < -0.3 is 19.4 Å². The lowest BCUT2D eigenvalue weighted by molar-refractivity contribution is -0.169. The number of rotatable bonds is 8. The molecule has 0 saturated carbocycles. The number of carbonyl (C=O) groups is 2. The number of esters is 2. The second kappa shape index (κ2) is 10.6. The molecule has 8 nitrogen and oxygen atoms in total. The molecule has 0 heterocycles. The molecule has 0 saturated heterocycles. The van der Waals surface area contributed by atoms with E-state index >= 15 is 0 Å². The third-order valence-corrected chi connectivity index (χ3v) is 5.76. The Bertz CT molecular complexity index is 1080. The van der Waals surface area contributed by atoms with Crippen LogP contribution in [0.4, 0.5) is 0 Å². The van der Waals surface area contributed by atoms with Crippen LogP contribution in [0.3, 0.4) is 0 Å². The third-order valence-electron chi connectivity index (χ3n) is 4.50. The Hall–Kier alpha value is -2.91. The van der Waals surface area contributed by atoms with Crippen LogP contribution in [0.2, 0.25) is 0 Å². The molecule has 0 fully saturated rings. The van der Waals surface area contributed by atoms with Crippen molar-refractivity contribution < 1.29 is 31.7 Å². The largest absolute Gasteiger partial charge is 0.460 e. The highest BCUT2D eigenvalue weighted by Crippen LogP contribution is 2.32. The van der Waals surface area contributed by atoms with Gasteiger partial charge in [0.25, 0.3) is 0 Å². The smallest absolute Gasteiger partial charge is 0.339 e. The van der Waals surface area contributed by atoms with Crippen molar-refractivity contribution in [2.45, 2.75) is 63.6 Å². The molecule has 0 aliphatic heterocycles. The Kier molecular flexibility index (Phi) is 8.50. The number of carbonyl (C=O) groups excluding carboxylic acids is 2. The average molecular weight is 492 g/mol. The first-order valence-electron chi connectivity index (χ1n) is 10.9. The van der Waals surface area contributed by atoms with Crippen molar-refractivity contribution >= 4 is 22.1 Å². The van der Waals surface area contributed by atoms with E-state index < -0.39 is 45.1 Å². The summed E-state index contributed by atoms with van der Waals surface area (Å²) in [6.45, 7) is 10.2. The van der Waals surface area contributed by atoms with Gasteiger partial charge in [-0.1, -0.05) is 30.3 Å². The van der Waals surface area contributed by atoms with Crippen molar-refractivity contribution in [1.82, 2.24) is 0 Å². The van der Waals surface area contributed by atoms with E-state index in [0.717, 1.165) is 0 Å². The molecule has 0 bridgehead atoms. The minimum Gasteiger partial charge on any atom is -0.460 e. The maximum atomic E-state index is 13.1. The molecule has 0 aliphatic carbocycles. The zero-order valence-corrected chi connectivity index (χ0v) is 21.2. The van der Waals surface area contributed by atoms with E-state index in [1.807, 2.05) is 0 Å². The van der Waals surface area contributed by atoms with Crippen LogP contribution in [0.25, 0.3) is 0 Å². The first kappa shape index (κ1) is 27.3. The van der Waals surface area contributed by atoms with E-state index in [-0.39, 0.29) is 17.2 Å². The zero-order chi connectivity index (χ0) is 25.7. The van der Waals surface area contributed by atoms with Gasteiger partial charge in [-0.05, 0) is 71.4 Å². The molecular formula is C25H33NO7S. The van der Waals surface area contributed by atoms with Gasteiger partial charge in [0, 0.05) is 6.54 Å². The lowest BCUT2D eigenvalue weighted by atomic mass is 9.85. The van der Waals surface area contributed by atoms with Crippen molar-refractivity contribution in [1.29, 1.82) is 0 Å². The highest BCUT2D eigenvalue weighted by atomic mass is 32.2. The zero-order valence-electron chi connectivity index (χ0n) is 20.4. The number of ether oxygens (including phenoxy) is 2. The van der Waals surface area contributed by atoms with Gasteiger partial charge >= 0.3 is 22.1 Å². The van der Waals surface area contributed by atoms with Crippen LogP contribution in [0.5, 0.6) is 5.75 Å². The first-order valence-corrected chi connectivity index (χ1v) is 12.3. The van der Waals surface area contributed by atoms with Gasteiger partial charge in [-0.3, -0.25) is 9.59 Å². The Balaban J connectivity index is 2.38. The summed E-state index contributed by atoms with van der Waals surface area (Å²) in [5, 5.41) is 0. The summed E-state index contributed by atoms with van der Waals surface area (Å²) in [5.74, 6) is -3.28. The minimum absolute atomic E-state index is 0.0128. The van der Waals surface area contributed by atoms with E-state index in [4.69, 9.17) is 19.4 Å². The molecule has 0 spiro atoms. The highest BCUT2D eigenvalue weighted by Gasteiger charge is 2.39. The average Bonchev–Trinajstić information content (AvgIpc) is 2.70. The fourth-order valence-electron chi connectivity index (χ4n) is 3.14. The molecule has 2 N–H and O–H groups in total. The van der Waals surface area contributed by atoms with Gasteiger partial charge in [-0.2, -0.15) is 8.42 Å². The molecule has 9 heteroatoms. The van der Waals surface area contributed by atoms with E-state index in [2.05, 4.69) is 0 Å². The number of hydrogen-bond donors (Lipinski definition) is 1. The summed E-state index contributed by atoms with van der Waals surface area (Å²) >= 11 is 0. The predicted molar refractivity (Wildman–Crippen MR) is 128 cm³/mol. The standard InChI is InChI=1S/C25H33NO7S/c1-24(2,3)31-22(27)20(16-26)21(23(28)32-25(4,5)6)17-12-14-18(15-13-17)33-34(29,30)19-10-8-7-9-11-19/h7-15,20-21H,16,26H2,1-6H3. The van der Waals surface area contributed by atoms with Crippen LogP contribution in [0.15, 0.2) is 59.5 Å². The molecule has 0 aromatic heterocycles. The SMILES string of the molecule is CC(C)(C)OC(=O)C(CN)C(C(=O)OC(C)(C)C)c1ccc(OS(=O)(=O)c2ccccc2)cc1. The Morgan fingerprint density at radius 3 is 1.79 bits per heavy atom. The number of nitrogens with two attached hydrogens (primary N) is 1. The van der Waals surface area contributed by atoms with E-state index in [1.165, 1.54) is 36.4 Å². The Labute approximate surface area is 201 Å². The van der Waals surface area contributed by atoms with Crippen molar-refractivity contribution in [2.75, 3.05) is 6.54 Å². The number of benzene rings is 2. The molecular weight excluding hydrogens is 458 g/mol. The molecule has 0 aliphatic rings. The summed E-state index contributed by atoms with van der Waals surface area (Å²) in [6, 6.07) is 13.6. The van der Waals surface area contributed by atoms with Gasteiger partial charge in [0.15, 0.2) is 0 Å². The second-order valence-electron chi connectivity index (χ2n) is 9.81. The molecule has 34 heavy (non-hydrogen) atoms. The quantitative estimate of drug-likeness (QED) is 0.437. The molecule has 2 aromatic rings. The van der Waals surface area contributed by atoms with Gasteiger partial charge in [0.2, 0.25) is 0 Å². The molecule has 2 aromatic carbocycles. The summed E-state index contributed by atoms with van der Waals surface area (Å²) < 4.78 is 41.2. The molecule has 2 atom stereocenters.